The Morgan fingerprint density at radius 2 is 1.69 bits per heavy atom. The third-order valence-electron chi connectivity index (χ3n) is 14.2. The fourth-order valence-corrected chi connectivity index (χ4v) is 11.6. The second kappa shape index (κ2) is 13.5. The zero-order chi connectivity index (χ0) is 38.3. The Kier molecular flexibility index (Phi) is 10.2. The van der Waals surface area contributed by atoms with E-state index in [0.717, 1.165) is 11.1 Å². The van der Waals surface area contributed by atoms with Gasteiger partial charge in [0.2, 0.25) is 6.29 Å². The van der Waals surface area contributed by atoms with Gasteiger partial charge in [-0.25, -0.2) is 0 Å². The van der Waals surface area contributed by atoms with Gasteiger partial charge in [-0.2, -0.15) is 0 Å². The van der Waals surface area contributed by atoms with Crippen LogP contribution in [0.1, 0.15) is 80.1 Å². The number of hydrogen-bond acceptors (Lipinski definition) is 14. The van der Waals surface area contributed by atoms with E-state index in [1.807, 2.05) is 19.9 Å². The smallest absolute Gasteiger partial charge is 0.318 e. The molecule has 0 aromatic carbocycles. The van der Waals surface area contributed by atoms with Crippen LogP contribution in [0.15, 0.2) is 23.3 Å². The van der Waals surface area contributed by atoms with Crippen molar-refractivity contribution in [1.29, 1.82) is 0 Å². The summed E-state index contributed by atoms with van der Waals surface area (Å²) in [5.74, 6) is -4.39. The molecule has 2 saturated heterocycles. The van der Waals surface area contributed by atoms with E-state index < -0.39 is 113 Å². The van der Waals surface area contributed by atoms with Crippen molar-refractivity contribution in [3.05, 3.63) is 23.3 Å². The standard InChI is InChI=1S/C38H54O14/c1-17(2)11-19(42)12-20-28-23(50-32(20)47)14-38(16-40)21-7-8-25-35(4,22(21)13-26(43)37(28,38)6)10-9-27(49-18(3)41)36(25,5)34(48)52-33-31(46)30(45)29(44)24(15-39)51-33/h7,11,20,22-31,33,39-40,43-46H,8-10,12-16H2,1-6H3/t20-,22?,23+,24-,25?,26+,27-,28-,29-,30+,31-,33+,35-,36+,37+,38+/m1/s1. The first-order valence-electron chi connectivity index (χ1n) is 18.4. The summed E-state index contributed by atoms with van der Waals surface area (Å²) < 4.78 is 22.9. The molecule has 0 aromatic rings. The van der Waals surface area contributed by atoms with Gasteiger partial charge in [0.05, 0.1) is 25.2 Å². The first-order chi connectivity index (χ1) is 24.3. The average Bonchev–Trinajstić information content (AvgIpc) is 3.52. The van der Waals surface area contributed by atoms with Gasteiger partial charge in [0, 0.05) is 30.1 Å². The molecule has 0 spiro atoms. The Balaban J connectivity index is 1.38. The van der Waals surface area contributed by atoms with Gasteiger partial charge in [-0.1, -0.05) is 31.1 Å². The van der Waals surface area contributed by atoms with Crippen LogP contribution in [0, 0.1) is 45.3 Å². The Hall–Kier alpha value is -2.72. The van der Waals surface area contributed by atoms with Crippen molar-refractivity contribution in [3.8, 4) is 0 Å². The molecular formula is C38H54O14. The summed E-state index contributed by atoms with van der Waals surface area (Å²) in [5, 5.41) is 64.7. The molecule has 14 nitrogen and oxygen atoms in total. The third kappa shape index (κ3) is 5.53. The van der Waals surface area contributed by atoms with Gasteiger partial charge in [-0.15, -0.1) is 0 Å². The molecule has 3 saturated carbocycles. The number of aliphatic hydroxyl groups excluding tert-OH is 6. The van der Waals surface area contributed by atoms with Gasteiger partial charge in [0.15, 0.2) is 5.78 Å². The van der Waals surface area contributed by atoms with Crippen molar-refractivity contribution in [2.45, 2.75) is 129 Å². The van der Waals surface area contributed by atoms with Crippen LogP contribution < -0.4 is 0 Å². The largest absolute Gasteiger partial charge is 0.462 e. The highest BCUT2D eigenvalue weighted by Gasteiger charge is 2.76. The number of hydrogen-bond donors (Lipinski definition) is 6. The number of esters is 3. The molecule has 14 heteroatoms. The summed E-state index contributed by atoms with van der Waals surface area (Å²) in [6, 6.07) is 0. The molecule has 290 valence electrons. The molecule has 0 radical (unpaired) electrons. The summed E-state index contributed by atoms with van der Waals surface area (Å²) >= 11 is 0. The fraction of sp³-hybridized carbons (Fsp3) is 0.789. The second-order valence-electron chi connectivity index (χ2n) is 17.0. The minimum Gasteiger partial charge on any atom is -0.462 e. The van der Waals surface area contributed by atoms with Crippen molar-refractivity contribution >= 4 is 23.7 Å². The highest BCUT2D eigenvalue weighted by Crippen LogP contribution is 2.74. The lowest BCUT2D eigenvalue weighted by molar-refractivity contribution is -0.299. The Morgan fingerprint density at radius 3 is 2.31 bits per heavy atom. The number of ketones is 1. The summed E-state index contributed by atoms with van der Waals surface area (Å²) in [6.45, 7) is 9.33. The van der Waals surface area contributed by atoms with Crippen LogP contribution in [-0.4, -0.2) is 117 Å². The monoisotopic (exact) mass is 734 g/mol. The van der Waals surface area contributed by atoms with Gasteiger partial charge in [-0.05, 0) is 76.2 Å². The number of fused-ring (bicyclic) bond motifs is 7. The Morgan fingerprint density at radius 1 is 1.00 bits per heavy atom. The molecule has 4 aliphatic carbocycles. The molecular weight excluding hydrogens is 680 g/mol. The van der Waals surface area contributed by atoms with E-state index in [9.17, 15) is 49.8 Å². The molecule has 2 unspecified atom stereocenters. The van der Waals surface area contributed by atoms with Gasteiger partial charge < -0.3 is 49.6 Å². The predicted molar refractivity (Wildman–Crippen MR) is 179 cm³/mol. The van der Waals surface area contributed by atoms with Gasteiger partial charge in [0.1, 0.15) is 42.0 Å². The number of carbonyl (C=O) groups is 4. The molecule has 6 N–H and O–H groups in total. The molecule has 52 heavy (non-hydrogen) atoms. The molecule has 6 aliphatic rings. The second-order valence-corrected chi connectivity index (χ2v) is 17.0. The number of carbonyl (C=O) groups excluding carboxylic acids is 4. The van der Waals surface area contributed by atoms with E-state index in [-0.39, 0.29) is 50.4 Å². The summed E-state index contributed by atoms with van der Waals surface area (Å²) in [7, 11) is 0. The van der Waals surface area contributed by atoms with Crippen LogP contribution in [0.4, 0.5) is 0 Å². The van der Waals surface area contributed by atoms with Crippen LogP contribution in [0.3, 0.4) is 0 Å². The number of ether oxygens (including phenoxy) is 4. The molecule has 0 bridgehead atoms. The Labute approximate surface area is 303 Å². The Bertz CT molecular complexity index is 1530. The molecule has 5 fully saturated rings. The summed E-state index contributed by atoms with van der Waals surface area (Å²) in [6.07, 6.45) is -5.99. The minimum atomic E-state index is -1.84. The van der Waals surface area contributed by atoms with E-state index in [4.69, 9.17) is 18.9 Å². The van der Waals surface area contributed by atoms with Crippen molar-refractivity contribution < 1.29 is 68.8 Å². The predicted octanol–water partition coefficient (Wildman–Crippen LogP) is 0.867. The van der Waals surface area contributed by atoms with Crippen molar-refractivity contribution in [3.63, 3.8) is 0 Å². The molecule has 0 amide bonds. The molecule has 2 heterocycles. The van der Waals surface area contributed by atoms with Crippen LogP contribution in [0.25, 0.3) is 0 Å². The van der Waals surface area contributed by atoms with Crippen LogP contribution in [0.2, 0.25) is 0 Å². The van der Waals surface area contributed by atoms with E-state index in [1.165, 1.54) is 13.0 Å². The molecule has 6 rings (SSSR count). The van der Waals surface area contributed by atoms with Crippen molar-refractivity contribution in [1.82, 2.24) is 0 Å². The maximum absolute atomic E-state index is 14.4. The van der Waals surface area contributed by atoms with Gasteiger partial charge >= 0.3 is 17.9 Å². The lowest BCUT2D eigenvalue weighted by atomic mass is 9.40. The van der Waals surface area contributed by atoms with Crippen LogP contribution in [0.5, 0.6) is 0 Å². The van der Waals surface area contributed by atoms with E-state index in [1.54, 1.807) is 20.8 Å². The third-order valence-corrected chi connectivity index (χ3v) is 14.2. The normalized spacial score (nSPS) is 47.8. The maximum atomic E-state index is 14.4. The zero-order valence-corrected chi connectivity index (χ0v) is 30.7. The molecule has 16 atom stereocenters. The van der Waals surface area contributed by atoms with E-state index in [2.05, 4.69) is 0 Å². The highest BCUT2D eigenvalue weighted by molar-refractivity contribution is 5.93. The van der Waals surface area contributed by atoms with Gasteiger partial charge in [-0.3, -0.25) is 19.2 Å². The van der Waals surface area contributed by atoms with Gasteiger partial charge in [0.25, 0.3) is 0 Å². The lowest BCUT2D eigenvalue weighted by Gasteiger charge is -2.65. The minimum absolute atomic E-state index is 0.0658. The van der Waals surface area contributed by atoms with Crippen LogP contribution in [-0.2, 0) is 38.1 Å². The number of rotatable bonds is 8. The summed E-state index contributed by atoms with van der Waals surface area (Å²) in [5.41, 5.74) is -2.57. The number of allylic oxidation sites excluding steroid dienone is 3. The zero-order valence-electron chi connectivity index (χ0n) is 30.7. The van der Waals surface area contributed by atoms with Crippen molar-refractivity contribution in [2.75, 3.05) is 13.2 Å². The van der Waals surface area contributed by atoms with E-state index >= 15 is 0 Å². The quantitative estimate of drug-likeness (QED) is 0.0881. The summed E-state index contributed by atoms with van der Waals surface area (Å²) in [4.78, 5) is 53.0. The first kappa shape index (κ1) is 39.0. The first-order valence-corrected chi connectivity index (χ1v) is 18.4. The average molecular weight is 735 g/mol. The van der Waals surface area contributed by atoms with Crippen molar-refractivity contribution in [2.24, 2.45) is 45.3 Å². The highest BCUT2D eigenvalue weighted by atomic mass is 16.7. The topological polar surface area (TPSA) is 227 Å². The fourth-order valence-electron chi connectivity index (χ4n) is 11.6. The van der Waals surface area contributed by atoms with Crippen LogP contribution >= 0.6 is 0 Å². The van der Waals surface area contributed by atoms with E-state index in [0.29, 0.717) is 6.42 Å². The molecule has 0 aromatic heterocycles. The molecule has 2 aliphatic heterocycles. The SMILES string of the molecule is CC(=O)O[C@@H]1CC[C@]2(C)C3C[C@H](O)[C@@]4(C)[C@H]5[C@H](C[C@]4(CO)C3=CCC2[C@]1(C)C(=O)O[C@@H]1O[C@H](CO)[C@@H](O)[C@H](O)[C@H]1O)OC(=O)[C@@H]5CC(=O)C=C(C)C. The lowest BCUT2D eigenvalue weighted by Crippen LogP contribution is -2.66. The maximum Gasteiger partial charge on any atom is 0.318 e. The number of aliphatic hydroxyl groups is 6.